The summed E-state index contributed by atoms with van der Waals surface area (Å²) in [4.78, 5) is 4.49. The topological polar surface area (TPSA) is 12.9 Å². The van der Waals surface area contributed by atoms with Crippen molar-refractivity contribution in [1.29, 1.82) is 0 Å². The van der Waals surface area contributed by atoms with Crippen LogP contribution < -0.4 is 0 Å². The maximum absolute atomic E-state index is 5.92. The Morgan fingerprint density at radius 3 is 2.93 bits per heavy atom. The van der Waals surface area contributed by atoms with Crippen molar-refractivity contribution in [3.8, 4) is 10.6 Å². The smallest absolute Gasteiger partial charge is 0.123 e. The summed E-state index contributed by atoms with van der Waals surface area (Å²) in [5.41, 5.74) is 2.11. The Bertz CT molecular complexity index is 453. The second-order valence-electron chi connectivity index (χ2n) is 3.09. The Kier molecular flexibility index (Phi) is 3.62. The highest BCUT2D eigenvalue weighted by Gasteiger charge is 2.04. The Morgan fingerprint density at radius 1 is 1.33 bits per heavy atom. The van der Waals surface area contributed by atoms with Crippen LogP contribution in [0.15, 0.2) is 29.6 Å². The van der Waals surface area contributed by atoms with Crippen molar-refractivity contribution in [2.45, 2.75) is 6.42 Å². The molecule has 1 aromatic heterocycles. The molecule has 0 unspecified atom stereocenters. The molecule has 0 radical (unpaired) electrons. The van der Waals surface area contributed by atoms with E-state index in [-0.39, 0.29) is 0 Å². The van der Waals surface area contributed by atoms with Crippen LogP contribution >= 0.6 is 34.5 Å². The summed E-state index contributed by atoms with van der Waals surface area (Å²) in [6, 6.07) is 7.72. The Hall–Kier alpha value is -0.570. The predicted molar refractivity (Wildman–Crippen MR) is 67.0 cm³/mol. The summed E-state index contributed by atoms with van der Waals surface area (Å²) in [6.45, 7) is 0. The van der Waals surface area contributed by atoms with E-state index in [1.54, 1.807) is 11.3 Å². The van der Waals surface area contributed by atoms with Gasteiger partial charge in [0.1, 0.15) is 5.01 Å². The van der Waals surface area contributed by atoms with Gasteiger partial charge in [0.05, 0.1) is 5.69 Å². The number of benzene rings is 1. The van der Waals surface area contributed by atoms with Crippen LogP contribution in [-0.2, 0) is 6.42 Å². The van der Waals surface area contributed by atoms with E-state index in [9.17, 15) is 0 Å². The van der Waals surface area contributed by atoms with Gasteiger partial charge >= 0.3 is 0 Å². The van der Waals surface area contributed by atoms with Crippen molar-refractivity contribution < 1.29 is 0 Å². The first-order valence-corrected chi connectivity index (χ1v) is 6.35. The molecule has 0 bridgehead atoms. The van der Waals surface area contributed by atoms with Crippen LogP contribution in [-0.4, -0.2) is 10.9 Å². The number of alkyl halides is 1. The number of hydrogen-bond donors (Lipinski definition) is 0. The van der Waals surface area contributed by atoms with Crippen molar-refractivity contribution in [2.24, 2.45) is 0 Å². The quantitative estimate of drug-likeness (QED) is 0.750. The first-order chi connectivity index (χ1) is 7.29. The standard InChI is InChI=1S/C11H9Cl2NS/c12-5-4-10-7-15-11(14-10)8-2-1-3-9(13)6-8/h1-3,6-7H,4-5H2. The van der Waals surface area contributed by atoms with Gasteiger partial charge in [0, 0.05) is 28.3 Å². The molecule has 2 rings (SSSR count). The molecule has 78 valence electrons. The third-order valence-electron chi connectivity index (χ3n) is 1.97. The second kappa shape index (κ2) is 4.97. The molecule has 0 aliphatic heterocycles. The molecule has 0 aliphatic rings. The lowest BCUT2D eigenvalue weighted by Crippen LogP contribution is -1.85. The normalized spacial score (nSPS) is 10.5. The Balaban J connectivity index is 2.29. The van der Waals surface area contributed by atoms with E-state index in [2.05, 4.69) is 4.98 Å². The summed E-state index contributed by atoms with van der Waals surface area (Å²) in [5.74, 6) is 0.610. The van der Waals surface area contributed by atoms with E-state index in [0.717, 1.165) is 27.7 Å². The Labute approximate surface area is 103 Å². The molecule has 2 aromatic rings. The predicted octanol–water partition coefficient (Wildman–Crippen LogP) is 4.24. The summed E-state index contributed by atoms with van der Waals surface area (Å²) in [7, 11) is 0. The van der Waals surface area contributed by atoms with Gasteiger partial charge in [-0.25, -0.2) is 4.98 Å². The van der Waals surface area contributed by atoms with Gasteiger partial charge in [0.2, 0.25) is 0 Å². The average Bonchev–Trinajstić information content (AvgIpc) is 2.67. The molecule has 0 saturated carbocycles. The molecule has 1 aromatic carbocycles. The highest BCUT2D eigenvalue weighted by Crippen LogP contribution is 2.26. The molecule has 1 nitrogen and oxygen atoms in total. The number of nitrogens with zero attached hydrogens (tertiary/aromatic N) is 1. The monoisotopic (exact) mass is 257 g/mol. The van der Waals surface area contributed by atoms with Crippen LogP contribution in [0.25, 0.3) is 10.6 Å². The molecule has 0 aliphatic carbocycles. The lowest BCUT2D eigenvalue weighted by molar-refractivity contribution is 1.07. The SMILES string of the molecule is ClCCc1csc(-c2cccc(Cl)c2)n1. The van der Waals surface area contributed by atoms with Gasteiger partial charge in [0.15, 0.2) is 0 Å². The van der Waals surface area contributed by atoms with Crippen LogP contribution in [0.5, 0.6) is 0 Å². The lowest BCUT2D eigenvalue weighted by Gasteiger charge is -1.96. The van der Waals surface area contributed by atoms with Gasteiger partial charge in [0.25, 0.3) is 0 Å². The summed E-state index contributed by atoms with van der Waals surface area (Å²) >= 11 is 13.2. The van der Waals surface area contributed by atoms with Crippen molar-refractivity contribution >= 4 is 34.5 Å². The molecule has 0 fully saturated rings. The van der Waals surface area contributed by atoms with E-state index in [4.69, 9.17) is 23.2 Å². The van der Waals surface area contributed by atoms with Gasteiger partial charge in [-0.1, -0.05) is 23.7 Å². The van der Waals surface area contributed by atoms with Gasteiger partial charge in [-0.2, -0.15) is 0 Å². The van der Waals surface area contributed by atoms with Gasteiger partial charge < -0.3 is 0 Å². The molecule has 0 saturated heterocycles. The van der Waals surface area contributed by atoms with Crippen LogP contribution in [0, 0.1) is 0 Å². The minimum atomic E-state index is 0.610. The largest absolute Gasteiger partial charge is 0.241 e. The maximum atomic E-state index is 5.92. The number of rotatable bonds is 3. The van der Waals surface area contributed by atoms with Crippen LogP contribution in [0.2, 0.25) is 5.02 Å². The maximum Gasteiger partial charge on any atom is 0.123 e. The number of aromatic nitrogens is 1. The molecular weight excluding hydrogens is 249 g/mol. The zero-order valence-corrected chi connectivity index (χ0v) is 10.2. The highest BCUT2D eigenvalue weighted by atomic mass is 35.5. The van der Waals surface area contributed by atoms with Gasteiger partial charge in [-0.05, 0) is 12.1 Å². The molecule has 0 atom stereocenters. The van der Waals surface area contributed by atoms with Gasteiger partial charge in [-0.3, -0.25) is 0 Å². The van der Waals surface area contributed by atoms with Crippen LogP contribution in [0.3, 0.4) is 0 Å². The van der Waals surface area contributed by atoms with Crippen LogP contribution in [0.1, 0.15) is 5.69 Å². The third kappa shape index (κ3) is 2.71. The summed E-state index contributed by atoms with van der Waals surface area (Å²) in [5, 5.41) is 3.78. The van der Waals surface area contributed by atoms with Crippen molar-refractivity contribution in [1.82, 2.24) is 4.98 Å². The molecule has 15 heavy (non-hydrogen) atoms. The minimum Gasteiger partial charge on any atom is -0.241 e. The first kappa shape index (κ1) is 10.9. The zero-order valence-electron chi connectivity index (χ0n) is 7.91. The van der Waals surface area contributed by atoms with E-state index < -0.39 is 0 Å². The van der Waals surface area contributed by atoms with E-state index in [1.165, 1.54) is 0 Å². The second-order valence-corrected chi connectivity index (χ2v) is 4.77. The third-order valence-corrected chi connectivity index (χ3v) is 3.34. The molecule has 1 heterocycles. The van der Waals surface area contributed by atoms with E-state index in [1.807, 2.05) is 29.6 Å². The fourth-order valence-corrected chi connectivity index (χ4v) is 2.51. The number of thiazole rings is 1. The van der Waals surface area contributed by atoms with E-state index >= 15 is 0 Å². The number of aryl methyl sites for hydroxylation is 1. The van der Waals surface area contributed by atoms with Crippen molar-refractivity contribution in [2.75, 3.05) is 5.88 Å². The Morgan fingerprint density at radius 2 is 2.20 bits per heavy atom. The lowest BCUT2D eigenvalue weighted by atomic mass is 10.2. The highest BCUT2D eigenvalue weighted by molar-refractivity contribution is 7.13. The van der Waals surface area contributed by atoms with E-state index in [0.29, 0.717) is 5.88 Å². The zero-order chi connectivity index (χ0) is 10.7. The van der Waals surface area contributed by atoms with Crippen molar-refractivity contribution in [3.63, 3.8) is 0 Å². The number of halogens is 2. The molecule has 0 N–H and O–H groups in total. The minimum absolute atomic E-state index is 0.610. The summed E-state index contributed by atoms with van der Waals surface area (Å²) in [6.07, 6.45) is 0.818. The molecule has 0 amide bonds. The first-order valence-electron chi connectivity index (χ1n) is 4.56. The van der Waals surface area contributed by atoms with Gasteiger partial charge in [-0.15, -0.1) is 22.9 Å². The molecule has 0 spiro atoms. The van der Waals surface area contributed by atoms with Crippen LogP contribution in [0.4, 0.5) is 0 Å². The molecular formula is C11H9Cl2NS. The fraction of sp³-hybridized carbons (Fsp3) is 0.182. The fourth-order valence-electron chi connectivity index (χ4n) is 1.27. The summed E-state index contributed by atoms with van der Waals surface area (Å²) < 4.78 is 0. The average molecular weight is 258 g/mol. The molecule has 4 heteroatoms. The van der Waals surface area contributed by atoms with Crippen molar-refractivity contribution in [3.05, 3.63) is 40.4 Å². The number of hydrogen-bond acceptors (Lipinski definition) is 2.